The maximum atomic E-state index is 10.7. The first kappa shape index (κ1) is 34.0. The van der Waals surface area contributed by atoms with Crippen molar-refractivity contribution in [3.8, 4) is 0 Å². The second-order valence-corrected chi connectivity index (χ2v) is 6.54. The van der Waals surface area contributed by atoms with Crippen LogP contribution in [0.4, 0.5) is 0 Å². The second-order valence-electron chi connectivity index (χ2n) is 5.01. The Balaban J connectivity index is -0.000000147. The highest BCUT2D eigenvalue weighted by molar-refractivity contribution is 7.81. The molecule has 0 rings (SSSR count). The molecule has 3 atom stereocenters. The molecule has 10 nitrogen and oxygen atoms in total. The summed E-state index contributed by atoms with van der Waals surface area (Å²) in [6.45, 7) is 7.38. The number of carbonyl (C=O) groups excluding carboxylic acids is 1. The van der Waals surface area contributed by atoms with E-state index in [1.54, 1.807) is 13.8 Å². The Kier molecular flexibility index (Phi) is 27.3. The lowest BCUT2D eigenvalue weighted by Gasteiger charge is -2.15. The van der Waals surface area contributed by atoms with Gasteiger partial charge in [0.05, 0.1) is 23.7 Å². The first-order chi connectivity index (χ1) is 12.1. The molecule has 166 valence electrons. The molecule has 0 fully saturated rings. The van der Waals surface area contributed by atoms with E-state index in [1.807, 2.05) is 13.8 Å². The minimum absolute atomic E-state index is 0.0833. The summed E-state index contributed by atoms with van der Waals surface area (Å²) in [6.07, 6.45) is 1.32. The van der Waals surface area contributed by atoms with E-state index in [4.69, 9.17) is 32.5 Å². The Morgan fingerprint density at radius 3 is 1.52 bits per heavy atom. The maximum absolute atomic E-state index is 10.7. The molecule has 0 aliphatic carbocycles. The van der Waals surface area contributed by atoms with Crippen LogP contribution in [0.25, 0.3) is 0 Å². The summed E-state index contributed by atoms with van der Waals surface area (Å²) in [5.74, 6) is -1.21. The Bertz CT molecular complexity index is 446. The van der Waals surface area contributed by atoms with E-state index < -0.39 is 16.4 Å². The molecule has 0 aliphatic heterocycles. The van der Waals surface area contributed by atoms with E-state index in [9.17, 15) is 14.7 Å². The van der Waals surface area contributed by atoms with Crippen molar-refractivity contribution < 1.29 is 47.2 Å². The zero-order valence-corrected chi connectivity index (χ0v) is 18.5. The van der Waals surface area contributed by atoms with Crippen LogP contribution < -0.4 is 0 Å². The molecule has 5 N–H and O–H groups in total. The predicted molar refractivity (Wildman–Crippen MR) is 108 cm³/mol. The molecule has 13 heteroatoms. The first-order valence-corrected chi connectivity index (χ1v) is 10.5. The zero-order chi connectivity index (χ0) is 22.6. The number of aliphatic hydroxyl groups is 2. The molecule has 0 radical (unpaired) electrons. The van der Waals surface area contributed by atoms with Gasteiger partial charge in [0.15, 0.2) is 0 Å². The number of carbonyl (C=O) groups is 2. The average molecular weight is 457 g/mol. The SMILES string of the molecule is CCC(C)O.CCC(O)CC(C)OC(=O)CS.O=C(O)CS.O=S(=O)(O)O. The van der Waals surface area contributed by atoms with Crippen LogP contribution in [0, 0.1) is 0 Å². The average Bonchev–Trinajstić information content (AvgIpc) is 2.53. The molecule has 3 unspecified atom stereocenters. The van der Waals surface area contributed by atoms with Gasteiger partial charge in [-0.1, -0.05) is 13.8 Å². The van der Waals surface area contributed by atoms with Gasteiger partial charge >= 0.3 is 22.3 Å². The van der Waals surface area contributed by atoms with E-state index >= 15 is 0 Å². The normalized spacial score (nSPS) is 13.1. The van der Waals surface area contributed by atoms with Gasteiger partial charge in [0.1, 0.15) is 6.10 Å². The van der Waals surface area contributed by atoms with Crippen LogP contribution in [0.15, 0.2) is 0 Å². The molecule has 0 saturated carbocycles. The third kappa shape index (κ3) is 58.6. The molecule has 0 amide bonds. The predicted octanol–water partition coefficient (Wildman–Crippen LogP) is 1.13. The fourth-order valence-electron chi connectivity index (χ4n) is 0.860. The number of ether oxygens (including phenoxy) is 1. The highest BCUT2D eigenvalue weighted by Gasteiger charge is 2.11. The van der Waals surface area contributed by atoms with Gasteiger partial charge < -0.3 is 20.1 Å². The number of rotatable bonds is 7. The fraction of sp³-hybridized carbons (Fsp3) is 0.857. The highest BCUT2D eigenvalue weighted by Crippen LogP contribution is 2.05. The maximum Gasteiger partial charge on any atom is 0.394 e. The van der Waals surface area contributed by atoms with E-state index in [-0.39, 0.29) is 35.8 Å². The van der Waals surface area contributed by atoms with Gasteiger partial charge in [-0.3, -0.25) is 18.7 Å². The van der Waals surface area contributed by atoms with E-state index in [0.717, 1.165) is 6.42 Å². The Morgan fingerprint density at radius 2 is 1.33 bits per heavy atom. The number of hydrogen-bond acceptors (Lipinski definition) is 9. The number of carboxylic acid groups (broad SMARTS) is 1. The van der Waals surface area contributed by atoms with Gasteiger partial charge in [-0.05, 0) is 26.7 Å². The number of esters is 1. The minimum Gasteiger partial charge on any atom is -0.481 e. The molecule has 0 saturated heterocycles. The summed E-state index contributed by atoms with van der Waals surface area (Å²) >= 11 is 7.18. The summed E-state index contributed by atoms with van der Waals surface area (Å²) in [7, 11) is -4.67. The summed E-state index contributed by atoms with van der Waals surface area (Å²) < 4.78 is 36.5. The van der Waals surface area contributed by atoms with Crippen LogP contribution in [0.1, 0.15) is 47.0 Å². The van der Waals surface area contributed by atoms with Gasteiger partial charge in [0.2, 0.25) is 0 Å². The van der Waals surface area contributed by atoms with Crippen LogP contribution in [-0.2, 0) is 24.7 Å². The molecule has 0 aromatic carbocycles. The molecule has 0 aliphatic rings. The molecule has 0 heterocycles. The molecule has 0 spiro atoms. The van der Waals surface area contributed by atoms with Crippen LogP contribution in [0.5, 0.6) is 0 Å². The number of thiol groups is 2. The van der Waals surface area contributed by atoms with Gasteiger partial charge in [-0.15, -0.1) is 0 Å². The first-order valence-electron chi connectivity index (χ1n) is 7.83. The summed E-state index contributed by atoms with van der Waals surface area (Å²) in [4.78, 5) is 20.0. The van der Waals surface area contributed by atoms with Crippen molar-refractivity contribution in [2.45, 2.75) is 65.3 Å². The lowest BCUT2D eigenvalue weighted by molar-refractivity contribution is -0.146. The number of hydrogen-bond donors (Lipinski definition) is 7. The minimum atomic E-state index is -4.67. The van der Waals surface area contributed by atoms with Gasteiger partial charge in [0.25, 0.3) is 0 Å². The monoisotopic (exact) mass is 456 g/mol. The molecule has 27 heavy (non-hydrogen) atoms. The molecule has 0 aromatic rings. The standard InChI is InChI=1S/C8H16O3S.C4H10O.C2H4O2S.H2O4S/c1-3-7(9)4-6(2)11-8(10)5-12;1-3-4(2)5;3-2(4)1-5;1-5(2,3)4/h6-7,9,12H,3-5H2,1-2H3;4-5H,3H2,1-2H3;5H,1H2,(H,3,4);(H2,1,2,3,4). The van der Waals surface area contributed by atoms with Crippen LogP contribution >= 0.6 is 25.3 Å². The fourth-order valence-corrected chi connectivity index (χ4v) is 0.934. The van der Waals surface area contributed by atoms with Crippen molar-refractivity contribution in [3.05, 3.63) is 0 Å². The zero-order valence-electron chi connectivity index (χ0n) is 15.8. The third-order valence-corrected chi connectivity index (χ3v) is 2.79. The molecule has 0 bridgehead atoms. The lowest BCUT2D eigenvalue weighted by atomic mass is 10.1. The van der Waals surface area contributed by atoms with Crippen LogP contribution in [-0.4, -0.2) is 74.6 Å². The van der Waals surface area contributed by atoms with Crippen molar-refractivity contribution in [1.29, 1.82) is 0 Å². The van der Waals surface area contributed by atoms with E-state index in [2.05, 4.69) is 25.3 Å². The molecular formula is C14H32O10S3. The van der Waals surface area contributed by atoms with Crippen molar-refractivity contribution in [2.24, 2.45) is 0 Å². The molecule has 0 aromatic heterocycles. The molecular weight excluding hydrogens is 424 g/mol. The highest BCUT2D eigenvalue weighted by atomic mass is 32.3. The number of aliphatic hydroxyl groups excluding tert-OH is 2. The van der Waals surface area contributed by atoms with E-state index in [1.165, 1.54) is 0 Å². The Morgan fingerprint density at radius 1 is 1.00 bits per heavy atom. The van der Waals surface area contributed by atoms with Gasteiger partial charge in [-0.25, -0.2) is 0 Å². The topological polar surface area (TPSA) is 179 Å². The summed E-state index contributed by atoms with van der Waals surface area (Å²) in [5.41, 5.74) is 0. The Labute approximate surface area is 171 Å². The lowest BCUT2D eigenvalue weighted by Crippen LogP contribution is -2.21. The van der Waals surface area contributed by atoms with Crippen molar-refractivity contribution in [3.63, 3.8) is 0 Å². The van der Waals surface area contributed by atoms with Crippen LogP contribution in [0.3, 0.4) is 0 Å². The van der Waals surface area contributed by atoms with Crippen LogP contribution in [0.2, 0.25) is 0 Å². The smallest absolute Gasteiger partial charge is 0.394 e. The number of carboxylic acids is 1. The third-order valence-electron chi connectivity index (χ3n) is 2.26. The van der Waals surface area contributed by atoms with Gasteiger partial charge in [0, 0.05) is 6.42 Å². The Hall–Kier alpha value is -0.570. The summed E-state index contributed by atoms with van der Waals surface area (Å²) in [5, 5.41) is 25.2. The van der Waals surface area contributed by atoms with Crippen molar-refractivity contribution in [2.75, 3.05) is 11.5 Å². The second kappa shape index (κ2) is 21.7. The quantitative estimate of drug-likeness (QED) is 0.167. The van der Waals surface area contributed by atoms with E-state index in [0.29, 0.717) is 12.8 Å². The van der Waals surface area contributed by atoms with Crippen molar-refractivity contribution >= 4 is 47.6 Å². The number of aliphatic carboxylic acids is 1. The summed E-state index contributed by atoms with van der Waals surface area (Å²) in [6, 6.07) is 0. The van der Waals surface area contributed by atoms with Gasteiger partial charge in [-0.2, -0.15) is 33.7 Å². The largest absolute Gasteiger partial charge is 0.481 e. The van der Waals surface area contributed by atoms with Crippen molar-refractivity contribution in [1.82, 2.24) is 0 Å².